The molecule has 1 saturated carbocycles. The highest BCUT2D eigenvalue weighted by molar-refractivity contribution is 7.92. The standard InChI is InChI=1S/C23H28N4O5S/c1-31-18-10-15(11-19(13-18)32-2)23(28)24-16-6-4-5-14(9-16)22-25-20-8-7-17(12-21(20)26-22)27-33(3,29)30/h7-8,10-14,16,27H,4-6,9H2,1-3H3,(H,24,28)(H,25,26). The Kier molecular flexibility index (Phi) is 6.46. The number of aromatic nitrogens is 2. The number of nitrogens with zero attached hydrogens (tertiary/aromatic N) is 1. The summed E-state index contributed by atoms with van der Waals surface area (Å²) in [6.45, 7) is 0. The Hall–Kier alpha value is -3.27. The van der Waals surface area contributed by atoms with E-state index in [0.29, 0.717) is 22.7 Å². The normalized spacial score (nSPS) is 18.6. The average molecular weight is 473 g/mol. The molecule has 1 heterocycles. The molecule has 0 aliphatic heterocycles. The number of H-pyrrole nitrogens is 1. The first kappa shape index (κ1) is 22.9. The van der Waals surface area contributed by atoms with Crippen molar-refractivity contribution in [2.75, 3.05) is 25.2 Å². The first-order valence-electron chi connectivity index (χ1n) is 10.8. The van der Waals surface area contributed by atoms with Gasteiger partial charge in [0.05, 0.1) is 37.2 Å². The van der Waals surface area contributed by atoms with Crippen molar-refractivity contribution in [3.63, 3.8) is 0 Å². The number of sulfonamides is 1. The monoisotopic (exact) mass is 472 g/mol. The largest absolute Gasteiger partial charge is 0.497 e. The van der Waals surface area contributed by atoms with Gasteiger partial charge in [-0.15, -0.1) is 0 Å². The number of carbonyl (C=O) groups excluding carboxylic acids is 1. The SMILES string of the molecule is COc1cc(OC)cc(C(=O)NC2CCCC(c3nc4ccc(NS(C)(=O)=O)cc4[nH]3)C2)c1. The van der Waals surface area contributed by atoms with Gasteiger partial charge in [-0.05, 0) is 49.6 Å². The van der Waals surface area contributed by atoms with Gasteiger partial charge in [-0.3, -0.25) is 9.52 Å². The number of ether oxygens (including phenoxy) is 2. The Morgan fingerprint density at radius 1 is 1.09 bits per heavy atom. The van der Waals surface area contributed by atoms with E-state index >= 15 is 0 Å². The third kappa shape index (κ3) is 5.57. The number of aromatic amines is 1. The minimum atomic E-state index is -3.35. The van der Waals surface area contributed by atoms with Gasteiger partial charge in [-0.25, -0.2) is 13.4 Å². The van der Waals surface area contributed by atoms with Crippen LogP contribution in [0.2, 0.25) is 0 Å². The van der Waals surface area contributed by atoms with Crippen LogP contribution in [0.5, 0.6) is 11.5 Å². The Bertz CT molecular complexity index is 1250. The Balaban J connectivity index is 1.47. The van der Waals surface area contributed by atoms with E-state index < -0.39 is 10.0 Å². The predicted molar refractivity (Wildman–Crippen MR) is 127 cm³/mol. The van der Waals surface area contributed by atoms with Gasteiger partial charge in [-0.2, -0.15) is 0 Å². The summed E-state index contributed by atoms with van der Waals surface area (Å²) >= 11 is 0. The molecule has 1 aliphatic carbocycles. The van der Waals surface area contributed by atoms with Crippen LogP contribution in [0.4, 0.5) is 5.69 Å². The Labute approximate surface area is 192 Å². The lowest BCUT2D eigenvalue weighted by atomic mass is 9.85. The summed E-state index contributed by atoms with van der Waals surface area (Å²) in [7, 11) is -0.248. The fraction of sp³-hybridized carbons (Fsp3) is 0.391. The molecule has 176 valence electrons. The number of anilines is 1. The number of hydrogen-bond donors (Lipinski definition) is 3. The minimum absolute atomic E-state index is 0.0177. The Morgan fingerprint density at radius 2 is 1.82 bits per heavy atom. The molecule has 0 radical (unpaired) electrons. The number of carbonyl (C=O) groups is 1. The maximum Gasteiger partial charge on any atom is 0.251 e. The summed E-state index contributed by atoms with van der Waals surface area (Å²) < 4.78 is 36.0. The van der Waals surface area contributed by atoms with Gasteiger partial charge < -0.3 is 19.8 Å². The van der Waals surface area contributed by atoms with E-state index in [9.17, 15) is 13.2 Å². The van der Waals surface area contributed by atoms with Crippen LogP contribution in [0.1, 0.15) is 47.8 Å². The maximum absolute atomic E-state index is 12.9. The van der Waals surface area contributed by atoms with E-state index in [1.807, 2.05) is 0 Å². The topological polar surface area (TPSA) is 122 Å². The fourth-order valence-electron chi connectivity index (χ4n) is 4.28. The molecule has 0 bridgehead atoms. The zero-order valence-electron chi connectivity index (χ0n) is 18.8. The van der Waals surface area contributed by atoms with Crippen molar-refractivity contribution in [1.29, 1.82) is 0 Å². The van der Waals surface area contributed by atoms with Crippen molar-refractivity contribution in [2.45, 2.75) is 37.6 Å². The second-order valence-electron chi connectivity index (χ2n) is 8.36. The van der Waals surface area contributed by atoms with Crippen molar-refractivity contribution >= 4 is 32.7 Å². The lowest BCUT2D eigenvalue weighted by Gasteiger charge is -2.28. The molecule has 1 aliphatic rings. The number of imidazole rings is 1. The van der Waals surface area contributed by atoms with Gasteiger partial charge in [0.2, 0.25) is 10.0 Å². The number of nitrogens with one attached hydrogen (secondary N) is 3. The summed E-state index contributed by atoms with van der Waals surface area (Å²) in [6, 6.07) is 10.4. The van der Waals surface area contributed by atoms with Crippen LogP contribution in [0.15, 0.2) is 36.4 Å². The maximum atomic E-state index is 12.9. The summed E-state index contributed by atoms with van der Waals surface area (Å²) in [6.07, 6.45) is 4.71. The molecule has 3 aromatic rings. The predicted octanol–water partition coefficient (Wildman–Crippen LogP) is 3.41. The van der Waals surface area contributed by atoms with Crippen LogP contribution in [-0.4, -0.2) is 50.8 Å². The molecule has 10 heteroatoms. The number of rotatable bonds is 7. The van der Waals surface area contributed by atoms with Crippen molar-refractivity contribution in [3.8, 4) is 11.5 Å². The van der Waals surface area contributed by atoms with E-state index in [1.54, 1.807) is 50.6 Å². The highest BCUT2D eigenvalue weighted by Crippen LogP contribution is 2.33. The fourth-order valence-corrected chi connectivity index (χ4v) is 4.83. The molecule has 1 fully saturated rings. The van der Waals surface area contributed by atoms with Crippen LogP contribution in [-0.2, 0) is 10.0 Å². The quantitative estimate of drug-likeness (QED) is 0.484. The van der Waals surface area contributed by atoms with E-state index in [-0.39, 0.29) is 17.9 Å². The van der Waals surface area contributed by atoms with Crippen molar-refractivity contribution < 1.29 is 22.7 Å². The highest BCUT2D eigenvalue weighted by atomic mass is 32.2. The second-order valence-corrected chi connectivity index (χ2v) is 10.1. The van der Waals surface area contributed by atoms with Gasteiger partial charge in [0.1, 0.15) is 17.3 Å². The van der Waals surface area contributed by atoms with E-state index in [2.05, 4.69) is 15.0 Å². The summed E-state index contributed by atoms with van der Waals surface area (Å²) in [5.41, 5.74) is 2.53. The molecule has 2 atom stereocenters. The van der Waals surface area contributed by atoms with Gasteiger partial charge >= 0.3 is 0 Å². The third-order valence-electron chi connectivity index (χ3n) is 5.81. The smallest absolute Gasteiger partial charge is 0.251 e. The second kappa shape index (κ2) is 9.30. The lowest BCUT2D eigenvalue weighted by molar-refractivity contribution is 0.0924. The molecular formula is C23H28N4O5S. The number of benzene rings is 2. The first-order chi connectivity index (χ1) is 15.7. The highest BCUT2D eigenvalue weighted by Gasteiger charge is 2.27. The van der Waals surface area contributed by atoms with E-state index in [4.69, 9.17) is 14.5 Å². The van der Waals surface area contributed by atoms with Gasteiger partial charge in [0, 0.05) is 23.6 Å². The van der Waals surface area contributed by atoms with Crippen molar-refractivity contribution in [1.82, 2.24) is 15.3 Å². The minimum Gasteiger partial charge on any atom is -0.497 e. The summed E-state index contributed by atoms with van der Waals surface area (Å²) in [4.78, 5) is 20.9. The van der Waals surface area contributed by atoms with Gasteiger partial charge in [-0.1, -0.05) is 6.42 Å². The number of fused-ring (bicyclic) bond motifs is 1. The molecule has 33 heavy (non-hydrogen) atoms. The van der Waals surface area contributed by atoms with Gasteiger partial charge in [0.15, 0.2) is 0 Å². The lowest BCUT2D eigenvalue weighted by Crippen LogP contribution is -2.38. The summed E-state index contributed by atoms with van der Waals surface area (Å²) in [5.74, 6) is 1.98. The van der Waals surface area contributed by atoms with Crippen molar-refractivity contribution in [2.24, 2.45) is 0 Å². The molecule has 1 aromatic heterocycles. The molecule has 0 saturated heterocycles. The van der Waals surface area contributed by atoms with E-state index in [1.165, 1.54) is 0 Å². The van der Waals surface area contributed by atoms with Crippen LogP contribution >= 0.6 is 0 Å². The third-order valence-corrected chi connectivity index (χ3v) is 6.42. The number of amides is 1. The zero-order valence-corrected chi connectivity index (χ0v) is 19.7. The summed E-state index contributed by atoms with van der Waals surface area (Å²) in [5, 5.41) is 3.14. The zero-order chi connectivity index (χ0) is 23.6. The van der Waals surface area contributed by atoms with Crippen LogP contribution in [0, 0.1) is 0 Å². The molecule has 2 unspecified atom stereocenters. The molecule has 9 nitrogen and oxygen atoms in total. The number of methoxy groups -OCH3 is 2. The molecule has 2 aromatic carbocycles. The Morgan fingerprint density at radius 3 is 2.48 bits per heavy atom. The first-order valence-corrected chi connectivity index (χ1v) is 12.6. The molecule has 0 spiro atoms. The molecule has 3 N–H and O–H groups in total. The van der Waals surface area contributed by atoms with Gasteiger partial charge in [0.25, 0.3) is 5.91 Å². The molecule has 4 rings (SSSR count). The van der Waals surface area contributed by atoms with E-state index in [0.717, 1.165) is 48.8 Å². The average Bonchev–Trinajstić information content (AvgIpc) is 3.21. The van der Waals surface area contributed by atoms with Crippen LogP contribution in [0.3, 0.4) is 0 Å². The van der Waals surface area contributed by atoms with Crippen LogP contribution in [0.25, 0.3) is 11.0 Å². The number of hydrogen-bond acceptors (Lipinski definition) is 6. The van der Waals surface area contributed by atoms with Crippen molar-refractivity contribution in [3.05, 3.63) is 47.8 Å². The molecule has 1 amide bonds. The van der Waals surface area contributed by atoms with Crippen LogP contribution < -0.4 is 19.5 Å². The molecular weight excluding hydrogens is 444 g/mol.